The van der Waals surface area contributed by atoms with E-state index in [0.29, 0.717) is 34.2 Å². The summed E-state index contributed by atoms with van der Waals surface area (Å²) in [5.74, 6) is 0.869. The zero-order valence-electron chi connectivity index (χ0n) is 19.0. The number of benzene rings is 3. The number of carbonyl (C=O) groups is 1. The maximum atomic E-state index is 11.7. The number of aldehydes is 1. The van der Waals surface area contributed by atoms with Gasteiger partial charge in [0.2, 0.25) is 0 Å². The summed E-state index contributed by atoms with van der Waals surface area (Å²) in [7, 11) is 0. The summed E-state index contributed by atoms with van der Waals surface area (Å²) in [4.78, 5) is 11.7. The maximum Gasteiger partial charge on any atom is 0.153 e. The fourth-order valence-corrected chi connectivity index (χ4v) is 4.79. The number of halogens is 1. The molecule has 0 amide bonds. The van der Waals surface area contributed by atoms with Crippen molar-refractivity contribution in [1.82, 2.24) is 5.32 Å². The Bertz CT molecular complexity index is 1370. The number of allylic oxidation sites excluding steroid dienone is 2. The molecule has 35 heavy (non-hydrogen) atoms. The summed E-state index contributed by atoms with van der Waals surface area (Å²) in [6.45, 7) is 0.807. The number of nitriles is 1. The van der Waals surface area contributed by atoms with Gasteiger partial charge < -0.3 is 14.8 Å². The summed E-state index contributed by atoms with van der Waals surface area (Å²) in [5, 5.41) is 12.5. The molecule has 1 aliphatic carbocycles. The Balaban J connectivity index is 1.38. The van der Waals surface area contributed by atoms with Crippen LogP contribution in [0.2, 0.25) is 5.02 Å². The first kappa shape index (κ1) is 22.8. The van der Waals surface area contributed by atoms with Crippen molar-refractivity contribution in [3.63, 3.8) is 0 Å². The minimum Gasteiger partial charge on any atom is -0.488 e. The lowest BCUT2D eigenvalue weighted by Gasteiger charge is -2.19. The molecule has 1 heterocycles. The van der Waals surface area contributed by atoms with Crippen LogP contribution in [0, 0.1) is 11.3 Å². The van der Waals surface area contributed by atoms with Crippen LogP contribution < -0.4 is 14.8 Å². The monoisotopic (exact) mass is 482 g/mol. The van der Waals surface area contributed by atoms with Crippen molar-refractivity contribution in [1.29, 1.82) is 5.26 Å². The van der Waals surface area contributed by atoms with Gasteiger partial charge in [0.25, 0.3) is 0 Å². The molecule has 3 aromatic rings. The number of hydrogen-bond acceptors (Lipinski definition) is 5. The van der Waals surface area contributed by atoms with E-state index in [1.165, 1.54) is 16.7 Å². The van der Waals surface area contributed by atoms with Crippen LogP contribution in [-0.4, -0.2) is 19.4 Å². The molecule has 0 spiro atoms. The third kappa shape index (κ3) is 4.80. The van der Waals surface area contributed by atoms with Crippen LogP contribution >= 0.6 is 11.6 Å². The number of nitrogens with one attached hydrogen (secondary N) is 1. The van der Waals surface area contributed by atoms with Gasteiger partial charge in [-0.05, 0) is 52.8 Å². The van der Waals surface area contributed by atoms with E-state index in [2.05, 4.69) is 41.7 Å². The van der Waals surface area contributed by atoms with Crippen LogP contribution in [0.5, 0.6) is 11.5 Å². The third-order valence-electron chi connectivity index (χ3n) is 6.25. The van der Waals surface area contributed by atoms with Gasteiger partial charge in [-0.15, -0.1) is 0 Å². The average molecular weight is 483 g/mol. The number of carbonyl (C=O) groups excluding carboxylic acids is 1. The van der Waals surface area contributed by atoms with Gasteiger partial charge in [-0.2, -0.15) is 5.26 Å². The fourth-order valence-electron chi connectivity index (χ4n) is 4.57. The Labute approximate surface area is 209 Å². The molecule has 0 aromatic heterocycles. The first-order chi connectivity index (χ1) is 17.2. The highest BCUT2D eigenvalue weighted by Gasteiger charge is 2.27. The molecule has 1 N–H and O–H groups in total. The van der Waals surface area contributed by atoms with Crippen molar-refractivity contribution in [2.24, 2.45) is 0 Å². The normalized spacial score (nSPS) is 16.3. The Hall–Kier alpha value is -4.01. The lowest BCUT2D eigenvalue weighted by atomic mass is 9.97. The minimum absolute atomic E-state index is 0.144. The van der Waals surface area contributed by atoms with Gasteiger partial charge in [0.05, 0.1) is 16.2 Å². The van der Waals surface area contributed by atoms with Crippen molar-refractivity contribution < 1.29 is 14.3 Å². The van der Waals surface area contributed by atoms with Gasteiger partial charge in [0, 0.05) is 18.8 Å². The van der Waals surface area contributed by atoms with Crippen molar-refractivity contribution in [2.45, 2.75) is 18.9 Å². The smallest absolute Gasteiger partial charge is 0.153 e. The molecule has 174 valence electrons. The Morgan fingerprint density at radius 2 is 1.97 bits per heavy atom. The predicted octanol–water partition coefficient (Wildman–Crippen LogP) is 6.20. The Morgan fingerprint density at radius 1 is 1.11 bits per heavy atom. The van der Waals surface area contributed by atoms with E-state index in [1.807, 2.05) is 18.2 Å². The molecule has 0 bridgehead atoms. The van der Waals surface area contributed by atoms with Crippen LogP contribution in [0.25, 0.3) is 11.1 Å². The van der Waals surface area contributed by atoms with E-state index in [-0.39, 0.29) is 12.7 Å². The molecular formula is C29H23ClN2O3. The first-order valence-electron chi connectivity index (χ1n) is 11.4. The van der Waals surface area contributed by atoms with Crippen LogP contribution in [0.1, 0.15) is 34.0 Å². The number of ether oxygens (including phenoxy) is 2. The van der Waals surface area contributed by atoms with Gasteiger partial charge in [0.15, 0.2) is 6.29 Å². The van der Waals surface area contributed by atoms with Gasteiger partial charge in [-0.3, -0.25) is 4.79 Å². The molecular weight excluding hydrogens is 460 g/mol. The van der Waals surface area contributed by atoms with Crippen LogP contribution in [0.15, 0.2) is 84.1 Å². The lowest BCUT2D eigenvalue weighted by Crippen LogP contribution is -2.19. The van der Waals surface area contributed by atoms with E-state index < -0.39 is 0 Å². The summed E-state index contributed by atoms with van der Waals surface area (Å²) in [6, 6.07) is 22.0. The molecule has 2 aliphatic rings. The molecule has 6 heteroatoms. The topological polar surface area (TPSA) is 71.3 Å². The Morgan fingerprint density at radius 3 is 2.77 bits per heavy atom. The second-order valence-corrected chi connectivity index (χ2v) is 8.91. The molecule has 1 aliphatic heterocycles. The summed E-state index contributed by atoms with van der Waals surface area (Å²) < 4.78 is 12.3. The quantitative estimate of drug-likeness (QED) is 0.406. The average Bonchev–Trinajstić information content (AvgIpc) is 3.32. The van der Waals surface area contributed by atoms with Gasteiger partial charge in [-0.1, -0.05) is 60.1 Å². The van der Waals surface area contributed by atoms with Crippen molar-refractivity contribution in [2.75, 3.05) is 13.2 Å². The van der Waals surface area contributed by atoms with Crippen LogP contribution in [-0.2, 0) is 6.42 Å². The van der Waals surface area contributed by atoms with E-state index >= 15 is 0 Å². The number of rotatable bonds is 7. The molecule has 0 radical (unpaired) electrons. The number of nitrogens with zero attached hydrogens (tertiary/aromatic N) is 1. The largest absolute Gasteiger partial charge is 0.488 e. The van der Waals surface area contributed by atoms with Gasteiger partial charge >= 0.3 is 0 Å². The minimum atomic E-state index is -0.144. The molecule has 0 unspecified atom stereocenters. The Kier molecular flexibility index (Phi) is 6.56. The zero-order valence-corrected chi connectivity index (χ0v) is 19.7. The van der Waals surface area contributed by atoms with E-state index in [0.717, 1.165) is 30.3 Å². The number of hydrogen-bond donors (Lipinski definition) is 1. The summed E-state index contributed by atoms with van der Waals surface area (Å²) >= 11 is 6.50. The van der Waals surface area contributed by atoms with Gasteiger partial charge in [0.1, 0.15) is 30.3 Å². The first-order valence-corrected chi connectivity index (χ1v) is 11.8. The third-order valence-corrected chi connectivity index (χ3v) is 6.54. The zero-order chi connectivity index (χ0) is 24.2. The van der Waals surface area contributed by atoms with E-state index in [4.69, 9.17) is 26.3 Å². The van der Waals surface area contributed by atoms with Gasteiger partial charge in [-0.25, -0.2) is 0 Å². The molecule has 0 saturated carbocycles. The molecule has 5 nitrogen and oxygen atoms in total. The summed E-state index contributed by atoms with van der Waals surface area (Å²) in [6.07, 6.45) is 5.77. The highest BCUT2D eigenvalue weighted by atomic mass is 35.5. The predicted molar refractivity (Wildman–Crippen MR) is 136 cm³/mol. The number of fused-ring (bicyclic) bond motifs is 1. The molecule has 1 atom stereocenters. The number of dihydropyridines is 1. The second-order valence-electron chi connectivity index (χ2n) is 8.51. The van der Waals surface area contributed by atoms with Crippen molar-refractivity contribution in [3.05, 3.63) is 106 Å². The molecule has 0 fully saturated rings. The molecule has 0 saturated heterocycles. The molecule has 3 aromatic carbocycles. The van der Waals surface area contributed by atoms with E-state index in [9.17, 15) is 4.79 Å². The maximum absolute atomic E-state index is 11.7. The lowest BCUT2D eigenvalue weighted by molar-refractivity contribution is 0.111. The van der Waals surface area contributed by atoms with Crippen molar-refractivity contribution >= 4 is 17.9 Å². The van der Waals surface area contributed by atoms with Crippen LogP contribution in [0.3, 0.4) is 0 Å². The second kappa shape index (κ2) is 10.1. The molecule has 5 rings (SSSR count). The van der Waals surface area contributed by atoms with E-state index in [1.54, 1.807) is 24.4 Å². The van der Waals surface area contributed by atoms with Crippen molar-refractivity contribution in [3.8, 4) is 28.7 Å². The summed E-state index contributed by atoms with van der Waals surface area (Å²) in [5.41, 5.74) is 6.63. The highest BCUT2D eigenvalue weighted by Crippen LogP contribution is 2.42. The van der Waals surface area contributed by atoms with Crippen LogP contribution in [0.4, 0.5) is 0 Å². The highest BCUT2D eigenvalue weighted by molar-refractivity contribution is 6.32. The fraction of sp³-hybridized carbons (Fsp3) is 0.172. The SMILES string of the molecule is N#CC1=CNCC(COc2cc(O[C@H]3CCc4c(-c5ccccc5)cccc43)c(Cl)cc2C=O)=C1. The standard InChI is InChI=1S/C29H23ClN2O3/c30-26-12-22(17-33)28(34-18-20-11-19(14-31)15-32-16-20)13-29(26)35-27-10-9-24-23(7-4-8-25(24)27)21-5-2-1-3-6-21/h1-8,11-13,15,17,27,32H,9-10,16,18H2/t27-/m0/s1.